The summed E-state index contributed by atoms with van der Waals surface area (Å²) in [6, 6.07) is 1.52. The Hall–Kier alpha value is -2.18. The van der Waals surface area contributed by atoms with E-state index in [9.17, 15) is 9.59 Å². The van der Waals surface area contributed by atoms with Gasteiger partial charge >= 0.3 is 5.97 Å². The Morgan fingerprint density at radius 2 is 2.00 bits per heavy atom. The second kappa shape index (κ2) is 8.27. The van der Waals surface area contributed by atoms with E-state index >= 15 is 0 Å². The van der Waals surface area contributed by atoms with E-state index in [-0.39, 0.29) is 5.97 Å². The predicted molar refractivity (Wildman–Crippen MR) is 94.0 cm³/mol. The molecule has 1 aromatic rings. The molecule has 0 saturated carbocycles. The number of aldehydes is 1. The van der Waals surface area contributed by atoms with Gasteiger partial charge in [0, 0.05) is 25.6 Å². The third-order valence-electron chi connectivity index (χ3n) is 4.11. The Labute approximate surface area is 148 Å². The molecule has 2 heterocycles. The molecule has 2 rings (SSSR count). The molecule has 25 heavy (non-hydrogen) atoms. The molecule has 7 heteroatoms. The van der Waals surface area contributed by atoms with Crippen molar-refractivity contribution in [1.29, 1.82) is 0 Å². The molecule has 0 unspecified atom stereocenters. The molecule has 1 aliphatic heterocycles. The summed E-state index contributed by atoms with van der Waals surface area (Å²) < 4.78 is 10.5. The van der Waals surface area contributed by atoms with Crippen molar-refractivity contribution in [1.82, 2.24) is 9.97 Å². The molecule has 1 fully saturated rings. The largest absolute Gasteiger partial charge is 0.481 e. The first-order valence-corrected chi connectivity index (χ1v) is 8.66. The molecule has 0 aliphatic carbocycles. The van der Waals surface area contributed by atoms with Crippen LogP contribution in [0.1, 0.15) is 56.9 Å². The number of methoxy groups -OCH3 is 1. The fourth-order valence-electron chi connectivity index (χ4n) is 2.87. The van der Waals surface area contributed by atoms with Gasteiger partial charge in [-0.3, -0.25) is 9.59 Å². The summed E-state index contributed by atoms with van der Waals surface area (Å²) in [6.45, 7) is 7.23. The van der Waals surface area contributed by atoms with Gasteiger partial charge in [-0.1, -0.05) is 0 Å². The van der Waals surface area contributed by atoms with Crippen LogP contribution in [0, 0.1) is 5.92 Å². The summed E-state index contributed by atoms with van der Waals surface area (Å²) in [5.74, 6) is 1.26. The van der Waals surface area contributed by atoms with Crippen LogP contribution in [-0.4, -0.2) is 48.0 Å². The Kier molecular flexibility index (Phi) is 6.33. The number of ether oxygens (including phenoxy) is 2. The smallest absolute Gasteiger partial charge is 0.306 e. The molecule has 7 nitrogen and oxygen atoms in total. The number of rotatable bonds is 6. The van der Waals surface area contributed by atoms with Crippen LogP contribution in [0.4, 0.5) is 5.95 Å². The lowest BCUT2D eigenvalue weighted by Gasteiger charge is -2.32. The lowest BCUT2D eigenvalue weighted by Crippen LogP contribution is -2.35. The van der Waals surface area contributed by atoms with Crippen LogP contribution in [0.3, 0.4) is 0 Å². The molecule has 0 N–H and O–H groups in total. The van der Waals surface area contributed by atoms with Gasteiger partial charge < -0.3 is 14.4 Å². The maximum absolute atomic E-state index is 11.8. The minimum absolute atomic E-state index is 0.137. The van der Waals surface area contributed by atoms with Gasteiger partial charge in [0.1, 0.15) is 11.3 Å². The molecule has 0 spiro atoms. The number of hydrogen-bond acceptors (Lipinski definition) is 7. The zero-order valence-electron chi connectivity index (χ0n) is 15.4. The van der Waals surface area contributed by atoms with E-state index in [0.717, 1.165) is 32.4 Å². The van der Waals surface area contributed by atoms with Gasteiger partial charge in [0.15, 0.2) is 6.29 Å². The Morgan fingerprint density at radius 3 is 2.56 bits per heavy atom. The first-order valence-electron chi connectivity index (χ1n) is 8.66. The lowest BCUT2D eigenvalue weighted by atomic mass is 9.92. The second-order valence-corrected chi connectivity index (χ2v) is 7.31. The van der Waals surface area contributed by atoms with Gasteiger partial charge in [0.05, 0.1) is 7.11 Å². The van der Waals surface area contributed by atoms with Crippen molar-refractivity contribution >= 4 is 18.2 Å². The van der Waals surface area contributed by atoms with E-state index in [4.69, 9.17) is 9.47 Å². The maximum atomic E-state index is 11.8. The predicted octanol–water partition coefficient (Wildman–Crippen LogP) is 2.64. The topological polar surface area (TPSA) is 81.6 Å². The summed E-state index contributed by atoms with van der Waals surface area (Å²) >= 11 is 0. The molecule has 1 saturated heterocycles. The third-order valence-corrected chi connectivity index (χ3v) is 4.11. The van der Waals surface area contributed by atoms with E-state index in [1.807, 2.05) is 20.8 Å². The standard InChI is InChI=1S/C18H27N3O4/c1-18(2,3)25-16(23)6-5-13-7-9-21(10-8-13)17-19-14(12-22)11-15(20-17)24-4/h11-13H,5-10H2,1-4H3. The van der Waals surface area contributed by atoms with Crippen molar-refractivity contribution in [3.05, 3.63) is 11.8 Å². The Balaban J connectivity index is 1.85. The highest BCUT2D eigenvalue weighted by molar-refractivity contribution is 5.73. The number of esters is 1. The summed E-state index contributed by atoms with van der Waals surface area (Å²) in [4.78, 5) is 33.5. The molecule has 0 amide bonds. The monoisotopic (exact) mass is 349 g/mol. The number of aromatic nitrogens is 2. The van der Waals surface area contributed by atoms with E-state index in [1.165, 1.54) is 13.2 Å². The minimum atomic E-state index is -0.430. The Bertz CT molecular complexity index is 605. The average molecular weight is 349 g/mol. The van der Waals surface area contributed by atoms with Gasteiger partial charge in [0.2, 0.25) is 11.8 Å². The van der Waals surface area contributed by atoms with E-state index < -0.39 is 5.60 Å². The highest BCUT2D eigenvalue weighted by Gasteiger charge is 2.23. The van der Waals surface area contributed by atoms with Crippen LogP contribution in [0.5, 0.6) is 5.88 Å². The van der Waals surface area contributed by atoms with Gasteiger partial charge in [-0.25, -0.2) is 4.98 Å². The van der Waals surface area contributed by atoms with Crippen molar-refractivity contribution in [2.75, 3.05) is 25.1 Å². The fraction of sp³-hybridized carbons (Fsp3) is 0.667. The molecular weight excluding hydrogens is 322 g/mol. The lowest BCUT2D eigenvalue weighted by molar-refractivity contribution is -0.155. The van der Waals surface area contributed by atoms with Gasteiger partial charge in [0.25, 0.3) is 0 Å². The SMILES string of the molecule is COc1cc(C=O)nc(N2CCC(CCC(=O)OC(C)(C)C)CC2)n1. The van der Waals surface area contributed by atoms with Crippen LogP contribution in [0.25, 0.3) is 0 Å². The maximum Gasteiger partial charge on any atom is 0.306 e. The fourth-order valence-corrected chi connectivity index (χ4v) is 2.87. The first kappa shape index (κ1) is 19.1. The first-order chi connectivity index (χ1) is 11.8. The zero-order chi connectivity index (χ0) is 18.4. The number of anilines is 1. The average Bonchev–Trinajstić information content (AvgIpc) is 2.58. The van der Waals surface area contributed by atoms with Crippen molar-refractivity contribution in [3.8, 4) is 5.88 Å². The van der Waals surface area contributed by atoms with Crippen molar-refractivity contribution in [3.63, 3.8) is 0 Å². The van der Waals surface area contributed by atoms with Crippen molar-refractivity contribution in [2.45, 2.75) is 52.1 Å². The molecule has 0 radical (unpaired) electrons. The summed E-state index contributed by atoms with van der Waals surface area (Å²) in [7, 11) is 1.52. The van der Waals surface area contributed by atoms with Crippen molar-refractivity contribution < 1.29 is 19.1 Å². The molecule has 1 aromatic heterocycles. The van der Waals surface area contributed by atoms with Gasteiger partial charge in [-0.05, 0) is 46.0 Å². The summed E-state index contributed by atoms with van der Waals surface area (Å²) in [6.07, 6.45) is 3.90. The van der Waals surface area contributed by atoms with Crippen LogP contribution in [0.15, 0.2) is 6.07 Å². The molecule has 0 bridgehead atoms. The molecule has 138 valence electrons. The van der Waals surface area contributed by atoms with E-state index in [0.29, 0.717) is 36.1 Å². The number of hydrogen-bond donors (Lipinski definition) is 0. The molecule has 0 aromatic carbocycles. The van der Waals surface area contributed by atoms with Crippen LogP contribution < -0.4 is 9.64 Å². The zero-order valence-corrected chi connectivity index (χ0v) is 15.4. The van der Waals surface area contributed by atoms with Crippen LogP contribution in [-0.2, 0) is 9.53 Å². The van der Waals surface area contributed by atoms with E-state index in [1.54, 1.807) is 0 Å². The minimum Gasteiger partial charge on any atom is -0.481 e. The highest BCUT2D eigenvalue weighted by atomic mass is 16.6. The second-order valence-electron chi connectivity index (χ2n) is 7.31. The van der Waals surface area contributed by atoms with Gasteiger partial charge in [-0.2, -0.15) is 4.98 Å². The number of carbonyl (C=O) groups is 2. The summed E-state index contributed by atoms with van der Waals surface area (Å²) in [5, 5.41) is 0. The summed E-state index contributed by atoms with van der Waals surface area (Å²) in [5.41, 5.74) is -0.116. The molecule has 0 atom stereocenters. The van der Waals surface area contributed by atoms with Crippen molar-refractivity contribution in [2.24, 2.45) is 5.92 Å². The highest BCUT2D eigenvalue weighted by Crippen LogP contribution is 2.26. The third kappa shape index (κ3) is 5.99. The van der Waals surface area contributed by atoms with Crippen LogP contribution >= 0.6 is 0 Å². The Morgan fingerprint density at radius 1 is 1.32 bits per heavy atom. The van der Waals surface area contributed by atoms with Gasteiger partial charge in [-0.15, -0.1) is 0 Å². The van der Waals surface area contributed by atoms with E-state index in [2.05, 4.69) is 14.9 Å². The number of piperidine rings is 1. The number of nitrogens with zero attached hydrogens (tertiary/aromatic N) is 3. The molecule has 1 aliphatic rings. The quantitative estimate of drug-likeness (QED) is 0.577. The number of carbonyl (C=O) groups excluding carboxylic acids is 2. The normalized spacial score (nSPS) is 15.8. The van der Waals surface area contributed by atoms with Crippen LogP contribution in [0.2, 0.25) is 0 Å². The molecular formula is C18H27N3O4.